The fraction of sp³-hybridized carbons (Fsp3) is 0.750. The summed E-state index contributed by atoms with van der Waals surface area (Å²) >= 11 is 0. The fourth-order valence-corrected chi connectivity index (χ4v) is 5.62. The van der Waals surface area contributed by atoms with E-state index in [1.807, 2.05) is 13.8 Å². The second-order valence-electron chi connectivity index (χ2n) is 8.84. The van der Waals surface area contributed by atoms with Crippen molar-refractivity contribution in [2.45, 2.75) is 69.7 Å². The Kier molecular flexibility index (Phi) is 3.79. The highest BCUT2D eigenvalue weighted by Crippen LogP contribution is 2.63. The standard InChI is InChI=1S/C20H26O7/c1-12-6-7-15-18(2,11-23-16(21)14-5-4-10-22-14)24-17-20(15)13(12)8-9-19(3,25-17)26-27-20/h4-5,10,12-13,15,17H,6-9,11H2,1-3H3/t12-,13+,15+,17-,18?,19-,20-/m1/s1. The average Bonchev–Trinajstić information content (AvgIpc) is 3.17. The Balaban J connectivity index is 1.44. The van der Waals surface area contributed by atoms with Gasteiger partial charge in [0.05, 0.1) is 6.26 Å². The molecule has 4 saturated heterocycles. The van der Waals surface area contributed by atoms with Gasteiger partial charge >= 0.3 is 5.97 Å². The molecular formula is C20H26O7. The molecule has 1 saturated carbocycles. The quantitative estimate of drug-likeness (QED) is 0.589. The van der Waals surface area contributed by atoms with Crippen molar-refractivity contribution in [3.8, 4) is 0 Å². The van der Waals surface area contributed by atoms with Crippen molar-refractivity contribution in [1.82, 2.24) is 0 Å². The van der Waals surface area contributed by atoms with Crippen molar-refractivity contribution in [3.63, 3.8) is 0 Å². The highest BCUT2D eigenvalue weighted by atomic mass is 17.3. The van der Waals surface area contributed by atoms with E-state index in [4.69, 9.17) is 28.4 Å². The maximum atomic E-state index is 12.2. The maximum absolute atomic E-state index is 12.2. The van der Waals surface area contributed by atoms with Crippen molar-refractivity contribution in [2.75, 3.05) is 6.61 Å². The van der Waals surface area contributed by atoms with Gasteiger partial charge in [-0.2, -0.15) is 0 Å². The molecule has 0 N–H and O–H groups in total. The summed E-state index contributed by atoms with van der Waals surface area (Å²) in [4.78, 5) is 24.1. The first-order valence-corrected chi connectivity index (χ1v) is 9.79. The van der Waals surface area contributed by atoms with E-state index < -0.39 is 29.2 Å². The molecule has 2 bridgehead atoms. The molecule has 1 aromatic rings. The molecule has 5 fully saturated rings. The summed E-state index contributed by atoms with van der Waals surface area (Å²) in [5, 5.41) is 0. The molecule has 0 amide bonds. The molecule has 5 heterocycles. The van der Waals surface area contributed by atoms with E-state index in [0.29, 0.717) is 5.92 Å². The zero-order chi connectivity index (χ0) is 18.9. The van der Waals surface area contributed by atoms with Crippen LogP contribution < -0.4 is 0 Å². The molecule has 7 nitrogen and oxygen atoms in total. The van der Waals surface area contributed by atoms with E-state index in [1.165, 1.54) is 6.26 Å². The third-order valence-electron chi connectivity index (χ3n) is 7.04. The van der Waals surface area contributed by atoms with Crippen LogP contribution in [0.3, 0.4) is 0 Å². The van der Waals surface area contributed by atoms with Crippen LogP contribution in [0.25, 0.3) is 0 Å². The van der Waals surface area contributed by atoms with Crippen molar-refractivity contribution in [2.24, 2.45) is 17.8 Å². The minimum Gasteiger partial charge on any atom is -0.457 e. The summed E-state index contributed by atoms with van der Waals surface area (Å²) in [6.07, 6.45) is 4.66. The first-order chi connectivity index (χ1) is 12.9. The van der Waals surface area contributed by atoms with Crippen LogP contribution >= 0.6 is 0 Å². The molecular weight excluding hydrogens is 352 g/mol. The molecule has 1 spiro atoms. The van der Waals surface area contributed by atoms with E-state index in [1.54, 1.807) is 12.1 Å². The van der Waals surface area contributed by atoms with Crippen molar-refractivity contribution in [1.29, 1.82) is 0 Å². The number of rotatable bonds is 3. The summed E-state index contributed by atoms with van der Waals surface area (Å²) < 4.78 is 23.3. The van der Waals surface area contributed by atoms with E-state index in [-0.39, 0.29) is 24.2 Å². The summed E-state index contributed by atoms with van der Waals surface area (Å²) in [6.45, 7) is 6.25. The fourth-order valence-electron chi connectivity index (χ4n) is 5.62. The van der Waals surface area contributed by atoms with Crippen molar-refractivity contribution in [3.05, 3.63) is 24.2 Å². The van der Waals surface area contributed by atoms with Crippen LogP contribution in [-0.2, 0) is 24.0 Å². The van der Waals surface area contributed by atoms with Gasteiger partial charge in [-0.3, -0.25) is 0 Å². The highest BCUT2D eigenvalue weighted by molar-refractivity contribution is 5.86. The zero-order valence-corrected chi connectivity index (χ0v) is 15.9. The van der Waals surface area contributed by atoms with Crippen LogP contribution in [0.2, 0.25) is 0 Å². The Labute approximate surface area is 158 Å². The smallest absolute Gasteiger partial charge is 0.374 e. The predicted molar refractivity (Wildman–Crippen MR) is 91.3 cm³/mol. The highest BCUT2D eigenvalue weighted by Gasteiger charge is 2.74. The molecule has 0 radical (unpaired) electrons. The third-order valence-corrected chi connectivity index (χ3v) is 7.04. The summed E-state index contributed by atoms with van der Waals surface area (Å²) in [6, 6.07) is 3.25. The lowest BCUT2D eigenvalue weighted by Gasteiger charge is -2.50. The Morgan fingerprint density at radius 1 is 1.22 bits per heavy atom. The molecule has 27 heavy (non-hydrogen) atoms. The summed E-state index contributed by atoms with van der Waals surface area (Å²) in [5.41, 5.74) is -1.36. The SMILES string of the molecule is C[C@@H]1CC[C@H]2C(C)(COC(=O)c3ccco3)O[C@@H]3O[C@@]4(C)CC[C@@H]1[C@]32OO4. The van der Waals surface area contributed by atoms with Crippen LogP contribution in [-0.4, -0.2) is 35.9 Å². The number of carbonyl (C=O) groups is 1. The van der Waals surface area contributed by atoms with Gasteiger partial charge in [0.15, 0.2) is 11.9 Å². The lowest BCUT2D eigenvalue weighted by Crippen LogP contribution is -2.62. The number of fused-ring (bicyclic) bond motifs is 2. The second-order valence-corrected chi connectivity index (χ2v) is 8.84. The monoisotopic (exact) mass is 378 g/mol. The topological polar surface area (TPSA) is 76.4 Å². The summed E-state index contributed by atoms with van der Waals surface area (Å²) in [7, 11) is 0. The van der Waals surface area contributed by atoms with Crippen LogP contribution in [0.15, 0.2) is 22.8 Å². The molecule has 4 aliphatic heterocycles. The number of furan rings is 1. The minimum atomic E-state index is -0.798. The van der Waals surface area contributed by atoms with Crippen LogP contribution in [0.5, 0.6) is 0 Å². The Hall–Kier alpha value is -1.41. The third kappa shape index (κ3) is 2.45. The second kappa shape index (κ2) is 5.80. The molecule has 0 aromatic carbocycles. The number of hydrogen-bond donors (Lipinski definition) is 0. The van der Waals surface area contributed by atoms with Gasteiger partial charge in [-0.15, -0.1) is 0 Å². The van der Waals surface area contributed by atoms with E-state index >= 15 is 0 Å². The minimum absolute atomic E-state index is 0.0169. The van der Waals surface area contributed by atoms with Crippen molar-refractivity contribution < 1.29 is 33.2 Å². The summed E-state index contributed by atoms with van der Waals surface area (Å²) in [5.74, 6) is -0.314. The predicted octanol–water partition coefficient (Wildman–Crippen LogP) is 3.44. The molecule has 1 aromatic heterocycles. The van der Waals surface area contributed by atoms with Crippen LogP contribution in [0.4, 0.5) is 0 Å². The molecule has 1 unspecified atom stereocenters. The maximum Gasteiger partial charge on any atom is 0.374 e. The Bertz CT molecular complexity index is 733. The molecule has 6 rings (SSSR count). The van der Waals surface area contributed by atoms with Gasteiger partial charge in [0.2, 0.25) is 11.5 Å². The van der Waals surface area contributed by atoms with Gasteiger partial charge in [-0.25, -0.2) is 14.6 Å². The largest absolute Gasteiger partial charge is 0.457 e. The molecule has 1 aliphatic carbocycles. The molecule has 5 aliphatic rings. The zero-order valence-electron chi connectivity index (χ0n) is 15.9. The van der Waals surface area contributed by atoms with Gasteiger partial charge in [-0.1, -0.05) is 6.92 Å². The van der Waals surface area contributed by atoms with E-state index in [2.05, 4.69) is 6.92 Å². The lowest BCUT2D eigenvalue weighted by molar-refractivity contribution is -0.541. The first-order valence-electron chi connectivity index (χ1n) is 9.79. The van der Waals surface area contributed by atoms with Crippen molar-refractivity contribution >= 4 is 5.97 Å². The van der Waals surface area contributed by atoms with Crippen LogP contribution in [0.1, 0.15) is 57.0 Å². The normalized spacial score (nSPS) is 48.1. The number of hydrogen-bond acceptors (Lipinski definition) is 7. The Morgan fingerprint density at radius 2 is 2.07 bits per heavy atom. The van der Waals surface area contributed by atoms with Crippen LogP contribution in [0, 0.1) is 17.8 Å². The molecule has 7 atom stereocenters. The molecule has 148 valence electrons. The van der Waals surface area contributed by atoms with Gasteiger partial charge in [-0.05, 0) is 57.1 Å². The van der Waals surface area contributed by atoms with E-state index in [0.717, 1.165) is 25.7 Å². The lowest BCUT2D eigenvalue weighted by atomic mass is 9.60. The molecule has 7 heteroatoms. The number of carbonyl (C=O) groups excluding carboxylic acids is 1. The van der Waals surface area contributed by atoms with Gasteiger partial charge < -0.3 is 18.6 Å². The van der Waals surface area contributed by atoms with E-state index in [9.17, 15) is 4.79 Å². The van der Waals surface area contributed by atoms with Gasteiger partial charge in [0, 0.05) is 12.3 Å². The van der Waals surface area contributed by atoms with Gasteiger partial charge in [0.1, 0.15) is 12.2 Å². The average molecular weight is 378 g/mol. The number of esters is 1. The van der Waals surface area contributed by atoms with Gasteiger partial charge in [0.25, 0.3) is 0 Å². The number of ether oxygens (including phenoxy) is 3. The Morgan fingerprint density at radius 3 is 2.85 bits per heavy atom. The first kappa shape index (κ1) is 17.7.